The topological polar surface area (TPSA) is 94.3 Å². The summed E-state index contributed by atoms with van der Waals surface area (Å²) in [5, 5.41) is 8.19. The summed E-state index contributed by atoms with van der Waals surface area (Å²) in [6.45, 7) is 10.3. The monoisotopic (exact) mass is 466 g/mol. The van der Waals surface area contributed by atoms with Crippen molar-refractivity contribution < 1.29 is 9.53 Å². The summed E-state index contributed by atoms with van der Waals surface area (Å²) in [7, 11) is 4.88. The van der Waals surface area contributed by atoms with Crippen molar-refractivity contribution in [3.05, 3.63) is 45.5 Å². The summed E-state index contributed by atoms with van der Waals surface area (Å²) in [6.07, 6.45) is 3.85. The predicted molar refractivity (Wildman–Crippen MR) is 134 cm³/mol. The van der Waals surface area contributed by atoms with Crippen molar-refractivity contribution in [3.63, 3.8) is 0 Å². The van der Waals surface area contributed by atoms with Crippen LogP contribution in [0.4, 0.5) is 11.6 Å². The Labute approximate surface area is 199 Å². The van der Waals surface area contributed by atoms with Crippen LogP contribution in [0.3, 0.4) is 0 Å². The van der Waals surface area contributed by atoms with E-state index in [9.17, 15) is 9.59 Å². The molecule has 1 saturated heterocycles. The minimum Gasteiger partial charge on any atom is -0.464 e. The van der Waals surface area contributed by atoms with Crippen LogP contribution in [0.15, 0.2) is 23.1 Å². The van der Waals surface area contributed by atoms with Gasteiger partial charge < -0.3 is 15.0 Å². The number of nitrogens with zero attached hydrogens (tertiary/aromatic N) is 5. The van der Waals surface area contributed by atoms with Gasteiger partial charge in [0.25, 0.3) is 5.56 Å². The number of fused-ring (bicyclic) bond motifs is 1. The maximum atomic E-state index is 13.4. The van der Waals surface area contributed by atoms with Gasteiger partial charge in [-0.25, -0.2) is 9.78 Å². The molecule has 0 bridgehead atoms. The van der Waals surface area contributed by atoms with Gasteiger partial charge >= 0.3 is 5.97 Å². The lowest BCUT2D eigenvalue weighted by Gasteiger charge is -2.38. The van der Waals surface area contributed by atoms with Crippen LogP contribution in [0.2, 0.25) is 0 Å². The van der Waals surface area contributed by atoms with E-state index < -0.39 is 5.97 Å². The molecule has 1 fully saturated rings. The quantitative estimate of drug-likeness (QED) is 0.575. The highest BCUT2D eigenvalue weighted by molar-refractivity contribution is 5.93. The minimum absolute atomic E-state index is 0.0568. The fourth-order valence-electron chi connectivity index (χ4n) is 4.62. The highest BCUT2D eigenvalue weighted by Crippen LogP contribution is 2.33. The van der Waals surface area contributed by atoms with E-state index >= 15 is 0 Å². The fourth-order valence-corrected chi connectivity index (χ4v) is 4.62. The number of carbonyl (C=O) groups excluding carboxylic acids is 1. The zero-order valence-corrected chi connectivity index (χ0v) is 21.1. The van der Waals surface area contributed by atoms with Gasteiger partial charge in [-0.3, -0.25) is 14.0 Å². The van der Waals surface area contributed by atoms with Crippen LogP contribution in [0.5, 0.6) is 0 Å². The molecule has 9 nitrogen and oxygen atoms in total. The van der Waals surface area contributed by atoms with Crippen molar-refractivity contribution in [2.45, 2.75) is 46.6 Å². The number of piperidine rings is 1. The molecular weight excluding hydrogens is 432 g/mol. The molecule has 1 atom stereocenters. The Balaban J connectivity index is 1.78. The molecule has 3 aromatic rings. The van der Waals surface area contributed by atoms with Crippen LogP contribution in [-0.2, 0) is 18.8 Å². The summed E-state index contributed by atoms with van der Waals surface area (Å²) < 4.78 is 8.11. The second-order valence-electron chi connectivity index (χ2n) is 10.1. The summed E-state index contributed by atoms with van der Waals surface area (Å²) >= 11 is 0. The van der Waals surface area contributed by atoms with Gasteiger partial charge in [0, 0.05) is 38.9 Å². The molecule has 4 rings (SSSR count). The maximum Gasteiger partial charge on any atom is 0.360 e. The van der Waals surface area contributed by atoms with Crippen LogP contribution in [0.25, 0.3) is 10.9 Å². The number of rotatable bonds is 5. The smallest absolute Gasteiger partial charge is 0.360 e. The molecule has 0 radical (unpaired) electrons. The van der Waals surface area contributed by atoms with E-state index in [1.54, 1.807) is 29.5 Å². The molecule has 1 aliphatic heterocycles. The first-order chi connectivity index (χ1) is 16.0. The van der Waals surface area contributed by atoms with Crippen molar-refractivity contribution in [1.82, 2.24) is 19.3 Å². The Morgan fingerprint density at radius 1 is 1.21 bits per heavy atom. The minimum atomic E-state index is -0.508. The lowest BCUT2D eigenvalue weighted by molar-refractivity contribution is 0.0594. The number of esters is 1. The Bertz CT molecular complexity index is 1300. The van der Waals surface area contributed by atoms with Gasteiger partial charge in [0.2, 0.25) is 5.95 Å². The molecule has 1 aliphatic rings. The van der Waals surface area contributed by atoms with Crippen LogP contribution >= 0.6 is 0 Å². The van der Waals surface area contributed by atoms with Crippen LogP contribution in [-0.4, -0.2) is 45.5 Å². The summed E-state index contributed by atoms with van der Waals surface area (Å²) in [5.74, 6) is 0.189. The zero-order valence-electron chi connectivity index (χ0n) is 21.1. The summed E-state index contributed by atoms with van der Waals surface area (Å²) in [5.41, 5.74) is 3.57. The molecule has 0 amide bonds. The second-order valence-corrected chi connectivity index (χ2v) is 10.1. The third-order valence-electron chi connectivity index (χ3n) is 6.78. The summed E-state index contributed by atoms with van der Waals surface area (Å²) in [4.78, 5) is 32.8. The van der Waals surface area contributed by atoms with Crippen molar-refractivity contribution >= 4 is 28.5 Å². The number of benzene rings is 1. The van der Waals surface area contributed by atoms with Crippen LogP contribution < -0.4 is 15.8 Å². The number of hydrogen-bond donors (Lipinski definition) is 1. The average molecular weight is 467 g/mol. The van der Waals surface area contributed by atoms with Gasteiger partial charge in [0.1, 0.15) is 0 Å². The summed E-state index contributed by atoms with van der Waals surface area (Å²) in [6, 6.07) is 3.71. The molecule has 0 spiro atoms. The molecule has 1 N–H and O–H groups in total. The normalized spacial score (nSPS) is 16.5. The van der Waals surface area contributed by atoms with Gasteiger partial charge in [-0.05, 0) is 43.7 Å². The SMILES string of the molecule is COC(=O)c1nn(C)cc1NC(C)c1cc(C)cc2c(=O)n(C)c(N3CCC(C)(C)CC3)nc12. The number of carbonyl (C=O) groups is 1. The highest BCUT2D eigenvalue weighted by atomic mass is 16.5. The average Bonchev–Trinajstić information content (AvgIpc) is 3.15. The molecule has 34 heavy (non-hydrogen) atoms. The van der Waals surface area contributed by atoms with E-state index in [2.05, 4.69) is 29.2 Å². The molecule has 0 saturated carbocycles. The molecule has 182 valence electrons. The van der Waals surface area contributed by atoms with Crippen LogP contribution in [0.1, 0.15) is 61.3 Å². The first-order valence-electron chi connectivity index (χ1n) is 11.7. The van der Waals surface area contributed by atoms with Gasteiger partial charge in [-0.1, -0.05) is 19.9 Å². The van der Waals surface area contributed by atoms with Crippen molar-refractivity contribution in [2.24, 2.45) is 19.5 Å². The second kappa shape index (κ2) is 8.77. The van der Waals surface area contributed by atoms with Crippen LogP contribution in [0, 0.1) is 12.3 Å². The number of aryl methyl sites for hydroxylation is 2. The molecular formula is C25H34N6O3. The van der Waals surface area contributed by atoms with Gasteiger partial charge in [0.05, 0.1) is 29.7 Å². The van der Waals surface area contributed by atoms with Gasteiger partial charge in [-0.2, -0.15) is 5.10 Å². The molecule has 0 aliphatic carbocycles. The first kappa shape index (κ1) is 23.8. The molecule has 9 heteroatoms. The number of anilines is 2. The van der Waals surface area contributed by atoms with E-state index in [1.807, 2.05) is 26.0 Å². The Morgan fingerprint density at radius 2 is 1.88 bits per heavy atom. The van der Waals surface area contributed by atoms with E-state index in [0.29, 0.717) is 28.0 Å². The zero-order chi connectivity index (χ0) is 24.8. The molecule has 1 unspecified atom stereocenters. The lowest BCUT2D eigenvalue weighted by atomic mass is 9.83. The molecule has 1 aromatic carbocycles. The van der Waals surface area contributed by atoms with E-state index in [0.717, 1.165) is 37.1 Å². The van der Waals surface area contributed by atoms with E-state index in [-0.39, 0.29) is 17.3 Å². The predicted octanol–water partition coefficient (Wildman–Crippen LogP) is 3.56. The standard InChI is InChI=1S/C25H34N6O3/c1-15-12-17(16(2)26-19-14-29(5)28-21(19)23(33)34-7)20-18(13-15)22(32)30(6)24(27-20)31-10-8-25(3,4)9-11-31/h12-14,16,26H,8-11H2,1-7H3. The molecule has 3 heterocycles. The van der Waals surface area contributed by atoms with Crippen molar-refractivity contribution in [1.29, 1.82) is 0 Å². The van der Waals surface area contributed by atoms with E-state index in [1.165, 1.54) is 7.11 Å². The Hall–Kier alpha value is -3.36. The van der Waals surface area contributed by atoms with Gasteiger partial charge in [-0.15, -0.1) is 0 Å². The first-order valence-corrected chi connectivity index (χ1v) is 11.7. The number of aromatic nitrogens is 4. The third kappa shape index (κ3) is 4.38. The van der Waals surface area contributed by atoms with Crippen molar-refractivity contribution in [3.8, 4) is 0 Å². The Kier molecular flexibility index (Phi) is 6.14. The number of hydrogen-bond acceptors (Lipinski definition) is 7. The number of ether oxygens (including phenoxy) is 1. The lowest BCUT2D eigenvalue weighted by Crippen LogP contribution is -2.40. The third-order valence-corrected chi connectivity index (χ3v) is 6.78. The number of nitrogens with one attached hydrogen (secondary N) is 1. The molecule has 2 aromatic heterocycles. The maximum absolute atomic E-state index is 13.4. The largest absolute Gasteiger partial charge is 0.464 e. The Morgan fingerprint density at radius 3 is 2.53 bits per heavy atom. The van der Waals surface area contributed by atoms with E-state index in [4.69, 9.17) is 9.72 Å². The fraction of sp³-hybridized carbons (Fsp3) is 0.520. The van der Waals surface area contributed by atoms with Gasteiger partial charge in [0.15, 0.2) is 5.69 Å². The highest BCUT2D eigenvalue weighted by Gasteiger charge is 2.28. The van der Waals surface area contributed by atoms with Crippen molar-refractivity contribution in [2.75, 3.05) is 30.4 Å². The number of methoxy groups -OCH3 is 1.